The fourth-order valence-corrected chi connectivity index (χ4v) is 1.58. The number of carbonyl (C=O) groups excluding carboxylic acids is 1. The van der Waals surface area contributed by atoms with Crippen molar-refractivity contribution in [2.24, 2.45) is 17.6 Å². The number of carbonyl (C=O) groups is 1. The summed E-state index contributed by atoms with van der Waals surface area (Å²) in [5.41, 5.74) is 5.98. The summed E-state index contributed by atoms with van der Waals surface area (Å²) >= 11 is 0. The van der Waals surface area contributed by atoms with Gasteiger partial charge >= 0.3 is 0 Å². The third-order valence-electron chi connectivity index (χ3n) is 3.16. The summed E-state index contributed by atoms with van der Waals surface area (Å²) in [6.45, 7) is 10.7. The van der Waals surface area contributed by atoms with Gasteiger partial charge in [0, 0.05) is 12.6 Å². The first kappa shape index (κ1) is 17.4. The molecule has 0 aliphatic rings. The second kappa shape index (κ2) is 9.34. The monoisotopic (exact) mass is 257 g/mol. The maximum Gasteiger partial charge on any atom is 0.234 e. The molecular weight excluding hydrogens is 226 g/mol. The van der Waals surface area contributed by atoms with Crippen LogP contribution in [0, 0.1) is 11.8 Å². The van der Waals surface area contributed by atoms with E-state index >= 15 is 0 Å². The fourth-order valence-electron chi connectivity index (χ4n) is 1.58. The second-order valence-electron chi connectivity index (χ2n) is 5.97. The van der Waals surface area contributed by atoms with Gasteiger partial charge in [0.2, 0.25) is 5.91 Å². The molecule has 108 valence electrons. The van der Waals surface area contributed by atoms with Crippen molar-refractivity contribution in [1.82, 2.24) is 10.2 Å². The molecular formula is C14H31N3O. The van der Waals surface area contributed by atoms with Crippen LogP contribution in [0.25, 0.3) is 0 Å². The van der Waals surface area contributed by atoms with Gasteiger partial charge < -0.3 is 11.1 Å². The summed E-state index contributed by atoms with van der Waals surface area (Å²) in [7, 11) is 1.97. The van der Waals surface area contributed by atoms with Crippen LogP contribution in [0.3, 0.4) is 0 Å². The van der Waals surface area contributed by atoms with E-state index in [1.165, 1.54) is 0 Å². The van der Waals surface area contributed by atoms with Crippen molar-refractivity contribution in [3.63, 3.8) is 0 Å². The molecule has 0 radical (unpaired) electrons. The molecule has 0 spiro atoms. The van der Waals surface area contributed by atoms with Crippen LogP contribution < -0.4 is 11.1 Å². The summed E-state index contributed by atoms with van der Waals surface area (Å²) in [6.07, 6.45) is 1.97. The molecule has 4 heteroatoms. The molecule has 18 heavy (non-hydrogen) atoms. The van der Waals surface area contributed by atoms with Gasteiger partial charge in [-0.25, -0.2) is 0 Å². The number of nitrogens with two attached hydrogens (primary N) is 1. The first-order valence-corrected chi connectivity index (χ1v) is 7.03. The Labute approximate surface area is 112 Å². The number of nitrogens with one attached hydrogen (secondary N) is 1. The first-order valence-electron chi connectivity index (χ1n) is 7.03. The molecule has 0 saturated carbocycles. The Hall–Kier alpha value is -0.610. The number of hydrogen-bond donors (Lipinski definition) is 2. The van der Waals surface area contributed by atoms with Crippen LogP contribution in [0.1, 0.15) is 40.5 Å². The minimum absolute atomic E-state index is 0.108. The summed E-state index contributed by atoms with van der Waals surface area (Å²) < 4.78 is 0. The number of likely N-dealkylation sites (N-methyl/N-ethyl adjacent to an activating group) is 1. The quantitative estimate of drug-likeness (QED) is 0.657. The van der Waals surface area contributed by atoms with E-state index in [0.717, 1.165) is 25.9 Å². The molecule has 4 nitrogen and oxygen atoms in total. The van der Waals surface area contributed by atoms with Crippen molar-refractivity contribution in [3.05, 3.63) is 0 Å². The zero-order chi connectivity index (χ0) is 14.1. The average Bonchev–Trinajstić information content (AvgIpc) is 2.24. The molecule has 0 fully saturated rings. The van der Waals surface area contributed by atoms with Crippen LogP contribution in [0.15, 0.2) is 0 Å². The molecule has 0 saturated heterocycles. The number of rotatable bonds is 9. The fraction of sp³-hybridized carbons (Fsp3) is 0.929. The van der Waals surface area contributed by atoms with E-state index in [0.29, 0.717) is 18.4 Å². The zero-order valence-electron chi connectivity index (χ0n) is 12.7. The van der Waals surface area contributed by atoms with Crippen LogP contribution in [-0.2, 0) is 4.79 Å². The van der Waals surface area contributed by atoms with Gasteiger partial charge in [0.15, 0.2) is 0 Å². The van der Waals surface area contributed by atoms with Gasteiger partial charge in [0.05, 0.1) is 6.54 Å². The number of nitrogens with zero attached hydrogens (tertiary/aromatic N) is 1. The van der Waals surface area contributed by atoms with Gasteiger partial charge in [0.1, 0.15) is 0 Å². The predicted molar refractivity (Wildman–Crippen MR) is 77.4 cm³/mol. The Morgan fingerprint density at radius 3 is 2.33 bits per heavy atom. The Kier molecular flexibility index (Phi) is 9.02. The highest BCUT2D eigenvalue weighted by molar-refractivity contribution is 5.77. The molecule has 1 amide bonds. The van der Waals surface area contributed by atoms with Gasteiger partial charge in [-0.1, -0.05) is 27.7 Å². The highest BCUT2D eigenvalue weighted by Gasteiger charge is 2.11. The van der Waals surface area contributed by atoms with E-state index in [4.69, 9.17) is 5.73 Å². The van der Waals surface area contributed by atoms with Crippen molar-refractivity contribution < 1.29 is 4.79 Å². The lowest BCUT2D eigenvalue weighted by Crippen LogP contribution is -2.38. The van der Waals surface area contributed by atoms with Gasteiger partial charge in [-0.3, -0.25) is 9.69 Å². The van der Waals surface area contributed by atoms with Gasteiger partial charge in [-0.05, 0) is 38.3 Å². The summed E-state index contributed by atoms with van der Waals surface area (Å²) in [4.78, 5) is 13.7. The van der Waals surface area contributed by atoms with Crippen LogP contribution in [0.2, 0.25) is 0 Å². The van der Waals surface area contributed by atoms with Crippen LogP contribution in [0.4, 0.5) is 0 Å². The molecule has 1 unspecified atom stereocenters. The van der Waals surface area contributed by atoms with Crippen molar-refractivity contribution >= 4 is 5.91 Å². The van der Waals surface area contributed by atoms with Crippen LogP contribution in [0.5, 0.6) is 0 Å². The third-order valence-corrected chi connectivity index (χ3v) is 3.16. The van der Waals surface area contributed by atoms with E-state index in [1.807, 2.05) is 11.9 Å². The molecule has 0 aliphatic heterocycles. The lowest BCUT2D eigenvalue weighted by molar-refractivity contribution is -0.122. The molecule has 0 heterocycles. The minimum atomic E-state index is 0.108. The maximum absolute atomic E-state index is 11.6. The lowest BCUT2D eigenvalue weighted by atomic mass is 10.0. The van der Waals surface area contributed by atoms with Gasteiger partial charge in [-0.15, -0.1) is 0 Å². The van der Waals surface area contributed by atoms with E-state index in [1.54, 1.807) is 0 Å². The maximum atomic E-state index is 11.6. The van der Waals surface area contributed by atoms with E-state index in [2.05, 4.69) is 33.0 Å². The lowest BCUT2D eigenvalue weighted by Gasteiger charge is -2.21. The van der Waals surface area contributed by atoms with Gasteiger partial charge in [0.25, 0.3) is 0 Å². The first-order chi connectivity index (χ1) is 8.32. The number of amides is 1. The molecule has 0 aromatic heterocycles. The van der Waals surface area contributed by atoms with Crippen molar-refractivity contribution in [2.45, 2.75) is 46.6 Å². The predicted octanol–water partition coefficient (Wildman–Crippen LogP) is 1.45. The Morgan fingerprint density at radius 2 is 1.83 bits per heavy atom. The average molecular weight is 257 g/mol. The molecule has 0 bridgehead atoms. The largest absolute Gasteiger partial charge is 0.355 e. The van der Waals surface area contributed by atoms with Crippen LogP contribution in [-0.4, -0.2) is 43.5 Å². The van der Waals surface area contributed by atoms with Crippen molar-refractivity contribution in [1.29, 1.82) is 0 Å². The van der Waals surface area contributed by atoms with E-state index in [-0.39, 0.29) is 11.9 Å². The smallest absolute Gasteiger partial charge is 0.234 e. The summed E-state index contributed by atoms with van der Waals surface area (Å²) in [5, 5.41) is 2.94. The standard InChI is InChI=1S/C14H31N3O/c1-11(2)6-8-16-14(18)10-17(5)9-7-13(15)12(3)4/h11-13H,6-10,15H2,1-5H3,(H,16,18). The molecule has 0 aromatic rings. The van der Waals surface area contributed by atoms with Crippen molar-refractivity contribution in [2.75, 3.05) is 26.7 Å². The highest BCUT2D eigenvalue weighted by Crippen LogP contribution is 2.03. The summed E-state index contributed by atoms with van der Waals surface area (Å²) in [6, 6.07) is 0.219. The zero-order valence-corrected chi connectivity index (χ0v) is 12.7. The normalized spacial score (nSPS) is 13.4. The molecule has 0 aliphatic carbocycles. The number of hydrogen-bond acceptors (Lipinski definition) is 3. The van der Waals surface area contributed by atoms with E-state index < -0.39 is 0 Å². The Bertz CT molecular complexity index is 229. The van der Waals surface area contributed by atoms with Crippen molar-refractivity contribution in [3.8, 4) is 0 Å². The topological polar surface area (TPSA) is 58.4 Å². The minimum Gasteiger partial charge on any atom is -0.355 e. The van der Waals surface area contributed by atoms with E-state index in [9.17, 15) is 4.79 Å². The Morgan fingerprint density at radius 1 is 1.22 bits per heavy atom. The van der Waals surface area contributed by atoms with Crippen LogP contribution >= 0.6 is 0 Å². The molecule has 0 aromatic carbocycles. The molecule has 1 atom stereocenters. The van der Waals surface area contributed by atoms with Gasteiger partial charge in [-0.2, -0.15) is 0 Å². The molecule has 3 N–H and O–H groups in total. The summed E-state index contributed by atoms with van der Waals surface area (Å²) in [5.74, 6) is 1.24. The Balaban J connectivity index is 3.67. The third kappa shape index (κ3) is 9.42. The second-order valence-corrected chi connectivity index (χ2v) is 5.97. The SMILES string of the molecule is CC(C)CCNC(=O)CN(C)CCC(N)C(C)C. The molecule has 0 rings (SSSR count). The highest BCUT2D eigenvalue weighted by atomic mass is 16.2.